The molecule has 4 heteroatoms. The van der Waals surface area contributed by atoms with Crippen LogP contribution in [0.3, 0.4) is 0 Å². The fourth-order valence-corrected chi connectivity index (χ4v) is 4.33. The summed E-state index contributed by atoms with van der Waals surface area (Å²) in [6.45, 7) is 4.62. The van der Waals surface area contributed by atoms with Gasteiger partial charge in [-0.2, -0.15) is 0 Å². The number of nitrogens with two attached hydrogens (primary N) is 1. The molecule has 1 aliphatic rings. The summed E-state index contributed by atoms with van der Waals surface area (Å²) < 4.78 is 14.2. The highest BCUT2D eigenvalue weighted by Crippen LogP contribution is 2.40. The third kappa shape index (κ3) is 3.67. The number of rotatable bonds is 3. The molecule has 0 radical (unpaired) electrons. The van der Waals surface area contributed by atoms with Crippen molar-refractivity contribution in [2.75, 3.05) is 0 Å². The van der Waals surface area contributed by atoms with Gasteiger partial charge in [-0.15, -0.1) is 0 Å². The van der Waals surface area contributed by atoms with Gasteiger partial charge in [-0.1, -0.05) is 19.9 Å². The van der Waals surface area contributed by atoms with E-state index in [0.29, 0.717) is 5.92 Å². The Balaban J connectivity index is 2.23. The van der Waals surface area contributed by atoms with Crippen molar-refractivity contribution in [2.24, 2.45) is 23.6 Å². The maximum absolute atomic E-state index is 13.2. The highest BCUT2D eigenvalue weighted by atomic mass is 127. The van der Waals surface area contributed by atoms with E-state index in [0.717, 1.165) is 21.0 Å². The minimum absolute atomic E-state index is 0.123. The van der Waals surface area contributed by atoms with Crippen LogP contribution in [0.2, 0.25) is 0 Å². The van der Waals surface area contributed by atoms with E-state index < -0.39 is 0 Å². The van der Waals surface area contributed by atoms with Crippen molar-refractivity contribution in [2.45, 2.75) is 39.2 Å². The predicted octanol–water partition coefficient (Wildman–Crippen LogP) is 4.01. The zero-order valence-electron chi connectivity index (χ0n) is 11.5. The molecule has 3 unspecified atom stereocenters. The van der Waals surface area contributed by atoms with E-state index in [1.807, 2.05) is 6.07 Å². The van der Waals surface area contributed by atoms with Crippen molar-refractivity contribution in [1.29, 1.82) is 0 Å². The molecule has 106 valence electrons. The van der Waals surface area contributed by atoms with Gasteiger partial charge in [0.2, 0.25) is 0 Å². The van der Waals surface area contributed by atoms with Gasteiger partial charge in [0, 0.05) is 9.61 Å². The Labute approximate surface area is 128 Å². The van der Waals surface area contributed by atoms with Crippen LogP contribution in [0, 0.1) is 27.1 Å². The second-order valence-corrected chi connectivity index (χ2v) is 7.15. The van der Waals surface area contributed by atoms with Crippen LogP contribution in [-0.4, -0.2) is 0 Å². The van der Waals surface area contributed by atoms with E-state index in [1.165, 1.54) is 25.3 Å². The summed E-state index contributed by atoms with van der Waals surface area (Å²) in [5.74, 6) is 7.61. The van der Waals surface area contributed by atoms with Crippen molar-refractivity contribution < 1.29 is 4.39 Å². The van der Waals surface area contributed by atoms with Crippen molar-refractivity contribution in [3.05, 3.63) is 33.1 Å². The minimum atomic E-state index is -0.186. The van der Waals surface area contributed by atoms with Gasteiger partial charge >= 0.3 is 0 Å². The Morgan fingerprint density at radius 3 is 2.42 bits per heavy atom. The average Bonchev–Trinajstić information content (AvgIpc) is 2.31. The summed E-state index contributed by atoms with van der Waals surface area (Å²) in [6.07, 6.45) is 3.67. The number of hydrogen-bond donors (Lipinski definition) is 2. The molecule has 1 fully saturated rings. The lowest BCUT2D eigenvalue weighted by molar-refractivity contribution is 0.176. The van der Waals surface area contributed by atoms with E-state index in [1.54, 1.807) is 6.07 Å². The molecule has 1 aliphatic carbocycles. The van der Waals surface area contributed by atoms with Crippen LogP contribution in [-0.2, 0) is 0 Å². The summed E-state index contributed by atoms with van der Waals surface area (Å²) >= 11 is 2.20. The molecule has 0 heterocycles. The number of nitrogens with one attached hydrogen (secondary N) is 1. The third-order valence-electron chi connectivity index (χ3n) is 4.16. The molecule has 0 aliphatic heterocycles. The standard InChI is InChI=1S/C15H22FIN2/c1-9-5-10(2)7-11(6-9)15(19-18)13-4-3-12(16)8-14(13)17/h3-4,8-11,15,19H,5-7,18H2,1-2H3. The molecule has 0 amide bonds. The van der Waals surface area contributed by atoms with Crippen molar-refractivity contribution in [3.63, 3.8) is 0 Å². The average molecular weight is 376 g/mol. The number of hydrogen-bond acceptors (Lipinski definition) is 2. The quantitative estimate of drug-likeness (QED) is 0.475. The third-order valence-corrected chi connectivity index (χ3v) is 5.10. The highest BCUT2D eigenvalue weighted by Gasteiger charge is 2.31. The first-order chi connectivity index (χ1) is 9.01. The minimum Gasteiger partial charge on any atom is -0.271 e. The first-order valence-corrected chi connectivity index (χ1v) is 8.00. The predicted molar refractivity (Wildman–Crippen MR) is 84.9 cm³/mol. The molecule has 2 rings (SSSR count). The molecular formula is C15H22FIN2. The molecule has 2 nitrogen and oxygen atoms in total. The Morgan fingerprint density at radius 1 is 1.26 bits per heavy atom. The summed E-state index contributed by atoms with van der Waals surface area (Å²) in [7, 11) is 0. The lowest BCUT2D eigenvalue weighted by atomic mass is 9.72. The van der Waals surface area contributed by atoms with Crippen molar-refractivity contribution in [3.8, 4) is 0 Å². The van der Waals surface area contributed by atoms with Crippen LogP contribution in [0.15, 0.2) is 18.2 Å². The van der Waals surface area contributed by atoms with Crippen LogP contribution < -0.4 is 11.3 Å². The number of benzene rings is 1. The molecule has 0 aromatic heterocycles. The molecule has 1 aromatic rings. The normalized spacial score (nSPS) is 29.2. The maximum Gasteiger partial charge on any atom is 0.124 e. The molecule has 1 saturated carbocycles. The van der Waals surface area contributed by atoms with Crippen molar-refractivity contribution >= 4 is 22.6 Å². The summed E-state index contributed by atoms with van der Waals surface area (Å²) in [5.41, 5.74) is 4.08. The van der Waals surface area contributed by atoms with Gasteiger partial charge in [0.1, 0.15) is 5.82 Å². The second kappa shape index (κ2) is 6.50. The van der Waals surface area contributed by atoms with E-state index >= 15 is 0 Å². The second-order valence-electron chi connectivity index (χ2n) is 5.99. The number of hydrazine groups is 1. The molecule has 19 heavy (non-hydrogen) atoms. The zero-order chi connectivity index (χ0) is 14.0. The Bertz CT molecular complexity index is 428. The van der Waals surface area contributed by atoms with E-state index in [-0.39, 0.29) is 11.9 Å². The van der Waals surface area contributed by atoms with Gasteiger partial charge in [0.15, 0.2) is 0 Å². The lowest BCUT2D eigenvalue weighted by Crippen LogP contribution is -2.37. The van der Waals surface area contributed by atoms with E-state index in [9.17, 15) is 4.39 Å². The Morgan fingerprint density at radius 2 is 1.89 bits per heavy atom. The van der Waals surface area contributed by atoms with Gasteiger partial charge in [0.25, 0.3) is 0 Å². The summed E-state index contributed by atoms with van der Waals surface area (Å²) in [4.78, 5) is 0. The molecular weight excluding hydrogens is 354 g/mol. The number of halogens is 2. The maximum atomic E-state index is 13.2. The molecule has 3 atom stereocenters. The van der Waals surface area contributed by atoms with Crippen LogP contribution in [0.5, 0.6) is 0 Å². The first-order valence-electron chi connectivity index (χ1n) is 6.92. The SMILES string of the molecule is CC1CC(C)CC(C(NN)c2ccc(F)cc2I)C1. The van der Waals surface area contributed by atoms with Crippen LogP contribution >= 0.6 is 22.6 Å². The highest BCUT2D eigenvalue weighted by molar-refractivity contribution is 14.1. The van der Waals surface area contributed by atoms with Gasteiger partial charge in [-0.25, -0.2) is 4.39 Å². The van der Waals surface area contributed by atoms with Crippen LogP contribution in [0.4, 0.5) is 4.39 Å². The van der Waals surface area contributed by atoms with Gasteiger partial charge in [-0.05, 0) is 77.3 Å². The molecule has 0 saturated heterocycles. The molecule has 0 bridgehead atoms. The largest absolute Gasteiger partial charge is 0.271 e. The summed E-state index contributed by atoms with van der Waals surface area (Å²) in [5, 5.41) is 0. The lowest BCUT2D eigenvalue weighted by Gasteiger charge is -2.36. The fourth-order valence-electron chi connectivity index (χ4n) is 3.51. The topological polar surface area (TPSA) is 38.0 Å². The van der Waals surface area contributed by atoms with E-state index in [2.05, 4.69) is 41.9 Å². The smallest absolute Gasteiger partial charge is 0.124 e. The van der Waals surface area contributed by atoms with Gasteiger partial charge in [-0.3, -0.25) is 11.3 Å². The zero-order valence-corrected chi connectivity index (χ0v) is 13.7. The molecule has 1 aromatic carbocycles. The van der Waals surface area contributed by atoms with Gasteiger partial charge < -0.3 is 0 Å². The fraction of sp³-hybridized carbons (Fsp3) is 0.600. The first kappa shape index (κ1) is 15.2. The molecule has 3 N–H and O–H groups in total. The van der Waals surface area contributed by atoms with Gasteiger partial charge in [0.05, 0.1) is 0 Å². The van der Waals surface area contributed by atoms with E-state index in [4.69, 9.17) is 5.84 Å². The monoisotopic (exact) mass is 376 g/mol. The molecule has 0 spiro atoms. The van der Waals surface area contributed by atoms with Crippen molar-refractivity contribution in [1.82, 2.24) is 5.43 Å². The Kier molecular flexibility index (Phi) is 5.20. The summed E-state index contributed by atoms with van der Waals surface area (Å²) in [6, 6.07) is 5.09. The Hall–Kier alpha value is -0.200. The van der Waals surface area contributed by atoms with Crippen LogP contribution in [0.25, 0.3) is 0 Å². The van der Waals surface area contributed by atoms with Crippen LogP contribution in [0.1, 0.15) is 44.7 Å².